The molecule has 0 spiro atoms. The van der Waals surface area contributed by atoms with E-state index in [2.05, 4.69) is 10.3 Å². The topological polar surface area (TPSA) is 84.2 Å². The molecule has 0 aliphatic heterocycles. The number of nitriles is 1. The van der Waals surface area contributed by atoms with Gasteiger partial charge in [-0.3, -0.25) is 4.79 Å². The lowest BCUT2D eigenvalue weighted by Gasteiger charge is -2.16. The van der Waals surface area contributed by atoms with Crippen LogP contribution in [0.4, 0.5) is 5.82 Å². The van der Waals surface area contributed by atoms with E-state index < -0.39 is 6.10 Å². The van der Waals surface area contributed by atoms with Gasteiger partial charge >= 0.3 is 0 Å². The van der Waals surface area contributed by atoms with E-state index in [1.54, 1.807) is 37.3 Å². The third kappa shape index (κ3) is 4.34. The highest BCUT2D eigenvalue weighted by Crippen LogP contribution is 2.28. The molecule has 0 bridgehead atoms. The van der Waals surface area contributed by atoms with Crippen molar-refractivity contribution in [2.75, 3.05) is 12.4 Å². The quantitative estimate of drug-likeness (QED) is 0.910. The second-order valence-corrected chi connectivity index (χ2v) is 5.02. The van der Waals surface area contributed by atoms with E-state index in [-0.39, 0.29) is 5.91 Å². The molecule has 0 fully saturated rings. The molecule has 23 heavy (non-hydrogen) atoms. The molecule has 118 valence electrons. The minimum absolute atomic E-state index is 0.369. The molecule has 1 aromatic heterocycles. The molecule has 1 aromatic carbocycles. The van der Waals surface area contributed by atoms with Crippen molar-refractivity contribution >= 4 is 23.3 Å². The molecule has 0 aliphatic carbocycles. The summed E-state index contributed by atoms with van der Waals surface area (Å²) in [6.07, 6.45) is 0.654. The standard InChI is InChI=1S/C16H14ClN3O3/c1-10(16(21)20-15-6-4-12(17)9-19-15)23-13-5-3-11(8-18)7-14(13)22-2/h3-7,9-10H,1-2H3,(H,19,20,21)/t10-/m1/s1. The first kappa shape index (κ1) is 16.6. The molecule has 1 atom stereocenters. The van der Waals surface area contributed by atoms with E-state index >= 15 is 0 Å². The van der Waals surface area contributed by atoms with Crippen molar-refractivity contribution in [3.8, 4) is 17.6 Å². The van der Waals surface area contributed by atoms with Crippen molar-refractivity contribution in [1.29, 1.82) is 5.26 Å². The number of rotatable bonds is 5. The summed E-state index contributed by atoms with van der Waals surface area (Å²) >= 11 is 5.74. The highest BCUT2D eigenvalue weighted by Gasteiger charge is 2.17. The monoisotopic (exact) mass is 331 g/mol. The molecule has 0 unspecified atom stereocenters. The Morgan fingerprint density at radius 2 is 2.13 bits per heavy atom. The van der Waals surface area contributed by atoms with Gasteiger partial charge in [0.05, 0.1) is 23.8 Å². The lowest BCUT2D eigenvalue weighted by atomic mass is 10.2. The zero-order valence-corrected chi connectivity index (χ0v) is 13.3. The van der Waals surface area contributed by atoms with Crippen molar-refractivity contribution in [3.63, 3.8) is 0 Å². The number of carbonyl (C=O) groups excluding carboxylic acids is 1. The molecule has 2 rings (SSSR count). The summed E-state index contributed by atoms with van der Waals surface area (Å²) in [4.78, 5) is 16.1. The summed E-state index contributed by atoms with van der Waals surface area (Å²) in [5.41, 5.74) is 0.441. The molecule has 0 saturated heterocycles. The molecule has 1 heterocycles. The van der Waals surface area contributed by atoms with Gasteiger partial charge < -0.3 is 14.8 Å². The zero-order valence-electron chi connectivity index (χ0n) is 12.5. The Hall–Kier alpha value is -2.78. The second kappa shape index (κ2) is 7.47. The van der Waals surface area contributed by atoms with Crippen molar-refractivity contribution < 1.29 is 14.3 Å². The first-order valence-electron chi connectivity index (χ1n) is 6.70. The number of carbonyl (C=O) groups is 1. The van der Waals surface area contributed by atoms with Crippen LogP contribution in [0, 0.1) is 11.3 Å². The van der Waals surface area contributed by atoms with Crippen LogP contribution in [-0.4, -0.2) is 24.1 Å². The van der Waals surface area contributed by atoms with Crippen LogP contribution in [0.25, 0.3) is 0 Å². The van der Waals surface area contributed by atoms with Crippen LogP contribution in [0.2, 0.25) is 5.02 Å². The number of benzene rings is 1. The van der Waals surface area contributed by atoms with Gasteiger partial charge in [-0.05, 0) is 31.2 Å². The maximum absolute atomic E-state index is 12.1. The highest BCUT2D eigenvalue weighted by atomic mass is 35.5. The van der Waals surface area contributed by atoms with Crippen molar-refractivity contribution in [2.45, 2.75) is 13.0 Å². The summed E-state index contributed by atoms with van der Waals surface area (Å²) < 4.78 is 10.8. The fourth-order valence-corrected chi connectivity index (χ4v) is 1.87. The molecule has 0 aliphatic rings. The van der Waals surface area contributed by atoms with Gasteiger partial charge in [0, 0.05) is 12.3 Å². The summed E-state index contributed by atoms with van der Waals surface area (Å²) in [5, 5.41) is 12.0. The number of nitrogens with one attached hydrogen (secondary N) is 1. The Bertz CT molecular complexity index is 741. The first-order chi connectivity index (χ1) is 11.0. The highest BCUT2D eigenvalue weighted by molar-refractivity contribution is 6.30. The number of anilines is 1. The Morgan fingerprint density at radius 3 is 2.74 bits per heavy atom. The molecule has 7 heteroatoms. The van der Waals surface area contributed by atoms with Crippen LogP contribution in [0.3, 0.4) is 0 Å². The van der Waals surface area contributed by atoms with Crippen LogP contribution < -0.4 is 14.8 Å². The molecular formula is C16H14ClN3O3. The van der Waals surface area contributed by atoms with Crippen molar-refractivity contribution in [1.82, 2.24) is 4.98 Å². The fraction of sp³-hybridized carbons (Fsp3) is 0.188. The number of pyridine rings is 1. The lowest BCUT2D eigenvalue weighted by Crippen LogP contribution is -2.30. The maximum Gasteiger partial charge on any atom is 0.266 e. The number of nitrogens with zero attached hydrogens (tertiary/aromatic N) is 2. The van der Waals surface area contributed by atoms with E-state index in [0.29, 0.717) is 27.9 Å². The Kier molecular flexibility index (Phi) is 5.39. The average Bonchev–Trinajstić information content (AvgIpc) is 2.57. The Balaban J connectivity index is 2.06. The van der Waals surface area contributed by atoms with Crippen molar-refractivity contribution in [3.05, 3.63) is 47.1 Å². The van der Waals surface area contributed by atoms with Gasteiger partial charge in [0.1, 0.15) is 5.82 Å². The number of hydrogen-bond acceptors (Lipinski definition) is 5. The third-order valence-electron chi connectivity index (χ3n) is 2.94. The number of hydrogen-bond donors (Lipinski definition) is 1. The smallest absolute Gasteiger partial charge is 0.266 e. The fourth-order valence-electron chi connectivity index (χ4n) is 1.76. The SMILES string of the molecule is COc1cc(C#N)ccc1O[C@H](C)C(=O)Nc1ccc(Cl)cn1. The molecule has 0 radical (unpaired) electrons. The molecule has 6 nitrogen and oxygen atoms in total. The van der Waals surface area contributed by atoms with Gasteiger partial charge in [-0.15, -0.1) is 0 Å². The summed E-state index contributed by atoms with van der Waals surface area (Å²) in [6, 6.07) is 9.94. The normalized spacial score (nSPS) is 11.2. The minimum Gasteiger partial charge on any atom is -0.493 e. The summed E-state index contributed by atoms with van der Waals surface area (Å²) in [6.45, 7) is 1.60. The van der Waals surface area contributed by atoms with Crippen molar-refractivity contribution in [2.24, 2.45) is 0 Å². The van der Waals surface area contributed by atoms with Crippen LogP contribution >= 0.6 is 11.6 Å². The average molecular weight is 332 g/mol. The Morgan fingerprint density at radius 1 is 1.35 bits per heavy atom. The van der Waals surface area contributed by atoms with E-state index in [1.165, 1.54) is 13.3 Å². The third-order valence-corrected chi connectivity index (χ3v) is 3.17. The summed E-state index contributed by atoms with van der Waals surface area (Å²) in [7, 11) is 1.46. The second-order valence-electron chi connectivity index (χ2n) is 4.59. The minimum atomic E-state index is -0.783. The number of halogens is 1. The van der Waals surface area contributed by atoms with Crippen LogP contribution in [0.15, 0.2) is 36.5 Å². The number of amides is 1. The number of methoxy groups -OCH3 is 1. The summed E-state index contributed by atoms with van der Waals surface area (Å²) in [5.74, 6) is 0.763. The van der Waals surface area contributed by atoms with Crippen LogP contribution in [0.5, 0.6) is 11.5 Å². The van der Waals surface area contributed by atoms with E-state index in [4.69, 9.17) is 26.3 Å². The molecule has 0 saturated carbocycles. The van der Waals surface area contributed by atoms with E-state index in [1.807, 2.05) is 6.07 Å². The van der Waals surface area contributed by atoms with Gasteiger partial charge in [-0.1, -0.05) is 11.6 Å². The largest absolute Gasteiger partial charge is 0.493 e. The van der Waals surface area contributed by atoms with Gasteiger partial charge in [0.25, 0.3) is 5.91 Å². The number of ether oxygens (including phenoxy) is 2. The van der Waals surface area contributed by atoms with Gasteiger partial charge in [0.2, 0.25) is 0 Å². The zero-order chi connectivity index (χ0) is 16.8. The maximum atomic E-state index is 12.1. The van der Waals surface area contributed by atoms with Gasteiger partial charge in [0.15, 0.2) is 17.6 Å². The molecule has 2 aromatic rings. The molecular weight excluding hydrogens is 318 g/mol. The van der Waals surface area contributed by atoms with Crippen LogP contribution in [0.1, 0.15) is 12.5 Å². The lowest BCUT2D eigenvalue weighted by molar-refractivity contribution is -0.122. The predicted octanol–water partition coefficient (Wildman–Crippen LogP) is 3.02. The van der Waals surface area contributed by atoms with E-state index in [0.717, 1.165) is 0 Å². The van der Waals surface area contributed by atoms with Gasteiger partial charge in [-0.25, -0.2) is 4.98 Å². The predicted molar refractivity (Wildman–Crippen MR) is 85.7 cm³/mol. The Labute approximate surface area is 138 Å². The molecule has 1 amide bonds. The van der Waals surface area contributed by atoms with Gasteiger partial charge in [-0.2, -0.15) is 5.26 Å². The molecule has 1 N–H and O–H groups in total. The first-order valence-corrected chi connectivity index (χ1v) is 7.08. The van der Waals surface area contributed by atoms with E-state index in [9.17, 15) is 4.79 Å². The number of aromatic nitrogens is 1. The van der Waals surface area contributed by atoms with Crippen LogP contribution in [-0.2, 0) is 4.79 Å².